The van der Waals surface area contributed by atoms with Crippen molar-refractivity contribution >= 4 is 85.5 Å². The van der Waals surface area contributed by atoms with Crippen molar-refractivity contribution in [2.75, 3.05) is 0 Å². The quantitative estimate of drug-likeness (QED) is 0.183. The molecule has 0 atom stereocenters. The predicted molar refractivity (Wildman–Crippen MR) is 196 cm³/mol. The Morgan fingerprint density at radius 3 is 1.67 bits per heavy atom. The molecule has 0 saturated heterocycles. The van der Waals surface area contributed by atoms with E-state index >= 15 is 0 Å². The zero-order valence-electron chi connectivity index (χ0n) is 24.3. The van der Waals surface area contributed by atoms with E-state index in [1.807, 2.05) is 11.3 Å². The Morgan fingerprint density at radius 1 is 0.356 bits per heavy atom. The van der Waals surface area contributed by atoms with Gasteiger partial charge in [-0.3, -0.25) is 0 Å². The van der Waals surface area contributed by atoms with Crippen LogP contribution in [0.5, 0.6) is 0 Å². The van der Waals surface area contributed by atoms with Crippen molar-refractivity contribution in [1.29, 1.82) is 0 Å². The monoisotopic (exact) mass is 587 g/mol. The van der Waals surface area contributed by atoms with Gasteiger partial charge in [-0.05, 0) is 55.6 Å². The number of hydrogen-bond acceptors (Lipinski definition) is 2. The van der Waals surface area contributed by atoms with Gasteiger partial charge in [0.1, 0.15) is 0 Å². The van der Waals surface area contributed by atoms with Crippen LogP contribution in [0.25, 0.3) is 96.5 Å². The van der Waals surface area contributed by atoms with Gasteiger partial charge >= 0.3 is 0 Å². The Bertz CT molecular complexity index is 2770. The van der Waals surface area contributed by atoms with Crippen molar-refractivity contribution in [2.45, 2.75) is 0 Å². The summed E-state index contributed by atoms with van der Waals surface area (Å²) in [5, 5.41) is 14.1. The predicted octanol–water partition coefficient (Wildman–Crippen LogP) is 12.5. The molecule has 10 rings (SSSR count). The molecule has 2 aromatic heterocycles. The largest absolute Gasteiger partial charge is 0.247 e. The van der Waals surface area contributed by atoms with Crippen molar-refractivity contribution in [2.24, 2.45) is 0 Å². The summed E-state index contributed by atoms with van der Waals surface area (Å²) >= 11 is 1.92. The number of para-hydroxylation sites is 1. The lowest BCUT2D eigenvalue weighted by atomic mass is 9.92. The number of aromatic nitrogens is 1. The first-order valence-corrected chi connectivity index (χ1v) is 16.2. The smallest absolute Gasteiger partial charge is 0.0788 e. The first kappa shape index (κ1) is 24.8. The summed E-state index contributed by atoms with van der Waals surface area (Å²) < 4.78 is 2.65. The van der Waals surface area contributed by atoms with Gasteiger partial charge in [0.25, 0.3) is 0 Å². The van der Waals surface area contributed by atoms with Gasteiger partial charge in [-0.25, -0.2) is 4.98 Å². The number of hydrogen-bond donors (Lipinski definition) is 0. The van der Waals surface area contributed by atoms with Crippen LogP contribution < -0.4 is 0 Å². The average molecular weight is 588 g/mol. The Balaban J connectivity index is 1.29. The van der Waals surface area contributed by atoms with E-state index in [1.165, 1.54) is 79.8 Å². The van der Waals surface area contributed by atoms with Crippen LogP contribution in [0.1, 0.15) is 0 Å². The molecule has 0 bridgehead atoms. The van der Waals surface area contributed by atoms with Gasteiger partial charge in [-0.15, -0.1) is 11.3 Å². The van der Waals surface area contributed by atoms with E-state index in [9.17, 15) is 0 Å². The van der Waals surface area contributed by atoms with E-state index in [2.05, 4.69) is 152 Å². The number of fused-ring (bicyclic) bond motifs is 13. The molecule has 0 aliphatic heterocycles. The summed E-state index contributed by atoms with van der Waals surface area (Å²) in [6.07, 6.45) is 0. The Hall–Kier alpha value is -5.57. The molecule has 10 aromatic rings. The van der Waals surface area contributed by atoms with Gasteiger partial charge in [-0.1, -0.05) is 140 Å². The SMILES string of the molecule is c1ccc(-c2nc3ccccc3c3c2ccc2c4cccc(-c5ccc6c7ccccc7c7ccccc7c6c5)c4sc23)cc1. The summed E-state index contributed by atoms with van der Waals surface area (Å²) in [6, 6.07) is 55.2. The molecule has 2 heteroatoms. The van der Waals surface area contributed by atoms with Crippen molar-refractivity contribution in [1.82, 2.24) is 4.98 Å². The molecular weight excluding hydrogens is 563 g/mol. The number of benzene rings is 8. The number of rotatable bonds is 2. The molecule has 8 aromatic carbocycles. The maximum absolute atomic E-state index is 5.18. The zero-order valence-corrected chi connectivity index (χ0v) is 25.1. The van der Waals surface area contributed by atoms with Crippen molar-refractivity contribution in [3.05, 3.63) is 152 Å². The van der Waals surface area contributed by atoms with Crippen LogP contribution >= 0.6 is 11.3 Å². The molecule has 0 amide bonds. The average Bonchev–Trinajstić information content (AvgIpc) is 3.51. The van der Waals surface area contributed by atoms with Crippen LogP contribution in [-0.4, -0.2) is 4.98 Å². The van der Waals surface area contributed by atoms with Gasteiger partial charge in [0.15, 0.2) is 0 Å². The minimum atomic E-state index is 1.03. The molecule has 0 unspecified atom stereocenters. The van der Waals surface area contributed by atoms with E-state index in [0.717, 1.165) is 16.8 Å². The molecule has 208 valence electrons. The lowest BCUT2D eigenvalue weighted by Gasteiger charge is -2.12. The molecule has 0 radical (unpaired) electrons. The maximum Gasteiger partial charge on any atom is 0.0788 e. The molecule has 0 saturated carbocycles. The second kappa shape index (κ2) is 9.46. The molecular formula is C43H25NS. The summed E-state index contributed by atoms with van der Waals surface area (Å²) in [6.45, 7) is 0. The van der Waals surface area contributed by atoms with Crippen LogP contribution in [0.15, 0.2) is 152 Å². The Kier molecular flexibility index (Phi) is 5.22. The van der Waals surface area contributed by atoms with Crippen LogP contribution in [0, 0.1) is 0 Å². The van der Waals surface area contributed by atoms with E-state index in [0.29, 0.717) is 0 Å². The summed E-state index contributed by atoms with van der Waals surface area (Å²) in [5.41, 5.74) is 5.74. The van der Waals surface area contributed by atoms with Gasteiger partial charge in [-0.2, -0.15) is 0 Å². The second-order valence-corrected chi connectivity index (χ2v) is 12.9. The molecule has 0 aliphatic carbocycles. The van der Waals surface area contributed by atoms with E-state index in [1.54, 1.807) is 0 Å². The van der Waals surface area contributed by atoms with Crippen molar-refractivity contribution in [3.63, 3.8) is 0 Å². The van der Waals surface area contributed by atoms with Gasteiger partial charge in [0, 0.05) is 41.9 Å². The molecule has 1 nitrogen and oxygen atoms in total. The highest BCUT2D eigenvalue weighted by atomic mass is 32.1. The third kappa shape index (κ3) is 3.58. The zero-order chi connectivity index (χ0) is 29.5. The van der Waals surface area contributed by atoms with Crippen LogP contribution in [0.2, 0.25) is 0 Å². The van der Waals surface area contributed by atoms with Crippen molar-refractivity contribution in [3.8, 4) is 22.4 Å². The summed E-state index contributed by atoms with van der Waals surface area (Å²) in [5.74, 6) is 0. The first-order valence-electron chi connectivity index (χ1n) is 15.4. The van der Waals surface area contributed by atoms with Crippen LogP contribution in [0.3, 0.4) is 0 Å². The lowest BCUT2D eigenvalue weighted by Crippen LogP contribution is -1.89. The maximum atomic E-state index is 5.18. The minimum Gasteiger partial charge on any atom is -0.247 e. The van der Waals surface area contributed by atoms with E-state index in [-0.39, 0.29) is 0 Å². The fourth-order valence-electron chi connectivity index (χ4n) is 7.41. The van der Waals surface area contributed by atoms with Crippen LogP contribution in [-0.2, 0) is 0 Å². The van der Waals surface area contributed by atoms with Gasteiger partial charge in [0.2, 0.25) is 0 Å². The minimum absolute atomic E-state index is 1.03. The second-order valence-electron chi connectivity index (χ2n) is 11.8. The highest BCUT2D eigenvalue weighted by Crippen LogP contribution is 2.46. The molecule has 0 N–H and O–H groups in total. The van der Waals surface area contributed by atoms with E-state index < -0.39 is 0 Å². The standard InChI is InChI=1S/C43H25NS/c1-2-11-26(12-3-1)41-37-24-23-35-34-19-10-18-28(42(34)45-43(35)40(37)36-17-8-9-20-39(36)44-41)27-21-22-33-31-15-5-4-13-29(31)30-14-6-7-16-32(30)38(33)25-27/h1-25H. The highest BCUT2D eigenvalue weighted by molar-refractivity contribution is 7.27. The van der Waals surface area contributed by atoms with Crippen molar-refractivity contribution < 1.29 is 0 Å². The lowest BCUT2D eigenvalue weighted by molar-refractivity contribution is 1.43. The Labute approximate surface area is 263 Å². The fraction of sp³-hybridized carbons (Fsp3) is 0. The third-order valence-electron chi connectivity index (χ3n) is 9.43. The summed E-state index contributed by atoms with van der Waals surface area (Å²) in [4.78, 5) is 5.18. The molecule has 45 heavy (non-hydrogen) atoms. The number of pyridine rings is 1. The van der Waals surface area contributed by atoms with Gasteiger partial charge in [0.05, 0.1) is 11.2 Å². The van der Waals surface area contributed by atoms with E-state index in [4.69, 9.17) is 4.98 Å². The van der Waals surface area contributed by atoms with Crippen LogP contribution in [0.4, 0.5) is 0 Å². The summed E-state index contributed by atoms with van der Waals surface area (Å²) in [7, 11) is 0. The molecule has 0 spiro atoms. The Morgan fingerprint density at radius 2 is 0.911 bits per heavy atom. The normalized spacial score (nSPS) is 12.0. The fourth-order valence-corrected chi connectivity index (χ4v) is 8.81. The number of thiophene rings is 1. The molecule has 0 aliphatic rings. The number of nitrogens with zero attached hydrogens (tertiary/aromatic N) is 1. The van der Waals surface area contributed by atoms with Gasteiger partial charge < -0.3 is 0 Å². The third-order valence-corrected chi connectivity index (χ3v) is 10.7. The molecule has 2 heterocycles. The topological polar surface area (TPSA) is 12.9 Å². The first-order chi connectivity index (χ1) is 22.3. The highest BCUT2D eigenvalue weighted by Gasteiger charge is 2.18. The molecule has 0 fully saturated rings.